The van der Waals surface area contributed by atoms with E-state index in [1.807, 2.05) is 31.2 Å². The molecule has 1 aromatic heterocycles. The molecule has 2 heterocycles. The van der Waals surface area contributed by atoms with Crippen LogP contribution in [0.15, 0.2) is 30.3 Å². The smallest absolute Gasteiger partial charge is 0.312 e. The summed E-state index contributed by atoms with van der Waals surface area (Å²) in [6, 6.07) is 9.02. The Hall–Kier alpha value is -2.63. The maximum atomic E-state index is 12.4. The molecule has 0 spiro atoms. The second-order valence-corrected chi connectivity index (χ2v) is 5.21. The van der Waals surface area contributed by atoms with Gasteiger partial charge in [-0.2, -0.15) is 5.10 Å². The van der Waals surface area contributed by atoms with Crippen molar-refractivity contribution in [1.82, 2.24) is 15.1 Å². The number of hydrogen-bond acceptors (Lipinski definition) is 3. The van der Waals surface area contributed by atoms with Crippen LogP contribution in [0.1, 0.15) is 33.2 Å². The molecule has 0 radical (unpaired) electrons. The molecule has 2 N–H and O–H groups in total. The number of hydrogen-bond donors (Lipinski definition) is 2. The third-order valence-corrected chi connectivity index (χ3v) is 3.71. The van der Waals surface area contributed by atoms with E-state index in [4.69, 9.17) is 0 Å². The maximum absolute atomic E-state index is 12.4. The molecule has 1 aliphatic heterocycles. The molecule has 0 saturated heterocycles. The van der Waals surface area contributed by atoms with Crippen molar-refractivity contribution in [2.45, 2.75) is 19.4 Å². The van der Waals surface area contributed by atoms with E-state index < -0.39 is 11.9 Å². The normalized spacial score (nSPS) is 17.4. The molecule has 0 bridgehead atoms. The van der Waals surface area contributed by atoms with Crippen molar-refractivity contribution >= 4 is 11.9 Å². The van der Waals surface area contributed by atoms with Crippen LogP contribution in [-0.2, 0) is 11.3 Å². The van der Waals surface area contributed by atoms with Crippen LogP contribution in [0.3, 0.4) is 0 Å². The van der Waals surface area contributed by atoms with Crippen LogP contribution in [0, 0.1) is 6.92 Å². The molecule has 21 heavy (non-hydrogen) atoms. The Balaban J connectivity index is 1.93. The number of carboxylic acids is 1. The summed E-state index contributed by atoms with van der Waals surface area (Å²) in [5, 5.41) is 16.1. The molecule has 108 valence electrons. The zero-order valence-corrected chi connectivity index (χ0v) is 11.5. The molecule has 0 saturated carbocycles. The quantitative estimate of drug-likeness (QED) is 0.876. The Kier molecular flexibility index (Phi) is 3.21. The van der Waals surface area contributed by atoms with Gasteiger partial charge in [0.15, 0.2) is 0 Å². The third-order valence-electron chi connectivity index (χ3n) is 3.71. The minimum absolute atomic E-state index is 0.164. The first-order valence-electron chi connectivity index (χ1n) is 6.68. The van der Waals surface area contributed by atoms with Crippen LogP contribution >= 0.6 is 0 Å². The molecule has 1 atom stereocenters. The van der Waals surface area contributed by atoms with Crippen LogP contribution < -0.4 is 0 Å². The van der Waals surface area contributed by atoms with Gasteiger partial charge in [-0.25, -0.2) is 0 Å². The number of benzene rings is 1. The summed E-state index contributed by atoms with van der Waals surface area (Å²) in [6.07, 6.45) is 0. The zero-order valence-electron chi connectivity index (χ0n) is 11.5. The largest absolute Gasteiger partial charge is 0.481 e. The molecule has 3 rings (SSSR count). The Morgan fingerprint density at radius 3 is 2.81 bits per heavy atom. The number of carbonyl (C=O) groups is 2. The lowest BCUT2D eigenvalue weighted by Crippen LogP contribution is -2.40. The lowest BCUT2D eigenvalue weighted by Gasteiger charge is -2.32. The molecule has 1 amide bonds. The van der Waals surface area contributed by atoms with Crippen molar-refractivity contribution in [3.05, 3.63) is 52.8 Å². The van der Waals surface area contributed by atoms with Gasteiger partial charge >= 0.3 is 5.97 Å². The van der Waals surface area contributed by atoms with Crippen LogP contribution in [0.2, 0.25) is 0 Å². The topological polar surface area (TPSA) is 86.3 Å². The first-order chi connectivity index (χ1) is 10.1. The highest BCUT2D eigenvalue weighted by Crippen LogP contribution is 2.29. The average molecular weight is 285 g/mol. The van der Waals surface area contributed by atoms with Crippen molar-refractivity contribution in [2.75, 3.05) is 6.54 Å². The minimum Gasteiger partial charge on any atom is -0.481 e. The highest BCUT2D eigenvalue weighted by Gasteiger charge is 2.33. The minimum atomic E-state index is -0.918. The third kappa shape index (κ3) is 2.40. The highest BCUT2D eigenvalue weighted by molar-refractivity contribution is 5.93. The van der Waals surface area contributed by atoms with Crippen molar-refractivity contribution in [1.29, 1.82) is 0 Å². The Bertz CT molecular complexity index is 708. The number of H-pyrrole nitrogens is 1. The van der Waals surface area contributed by atoms with Gasteiger partial charge in [0.05, 0.1) is 5.92 Å². The summed E-state index contributed by atoms with van der Waals surface area (Å²) in [4.78, 5) is 25.4. The van der Waals surface area contributed by atoms with Gasteiger partial charge < -0.3 is 10.0 Å². The summed E-state index contributed by atoms with van der Waals surface area (Å²) in [7, 11) is 0. The maximum Gasteiger partial charge on any atom is 0.312 e. The number of aryl methyl sites for hydroxylation is 1. The van der Waals surface area contributed by atoms with E-state index in [1.54, 1.807) is 6.07 Å². The van der Waals surface area contributed by atoms with Crippen LogP contribution in [0.5, 0.6) is 0 Å². The van der Waals surface area contributed by atoms with Gasteiger partial charge in [0, 0.05) is 18.8 Å². The second-order valence-electron chi connectivity index (χ2n) is 5.21. The molecule has 1 aromatic carbocycles. The molecule has 0 aliphatic carbocycles. The van der Waals surface area contributed by atoms with Crippen LogP contribution in [0.4, 0.5) is 0 Å². The van der Waals surface area contributed by atoms with Gasteiger partial charge in [-0.3, -0.25) is 14.7 Å². The first kappa shape index (κ1) is 13.4. The fourth-order valence-electron chi connectivity index (χ4n) is 2.66. The summed E-state index contributed by atoms with van der Waals surface area (Å²) >= 11 is 0. The van der Waals surface area contributed by atoms with Crippen molar-refractivity contribution in [2.24, 2.45) is 0 Å². The summed E-state index contributed by atoms with van der Waals surface area (Å²) in [5.74, 6) is -1.86. The number of amides is 1. The number of fused-ring (bicyclic) bond motifs is 1. The predicted molar refractivity (Wildman–Crippen MR) is 74.9 cm³/mol. The Morgan fingerprint density at radius 2 is 2.14 bits per heavy atom. The first-order valence-corrected chi connectivity index (χ1v) is 6.68. The van der Waals surface area contributed by atoms with Crippen molar-refractivity contribution in [3.63, 3.8) is 0 Å². The number of carbonyl (C=O) groups excluding carboxylic acids is 1. The highest BCUT2D eigenvalue weighted by atomic mass is 16.4. The summed E-state index contributed by atoms with van der Waals surface area (Å²) in [5.41, 5.74) is 2.77. The molecule has 1 unspecified atom stereocenters. The number of nitrogens with zero attached hydrogens (tertiary/aromatic N) is 2. The monoisotopic (exact) mass is 285 g/mol. The number of aliphatic carboxylic acids is 1. The van der Waals surface area contributed by atoms with Gasteiger partial charge in [-0.1, -0.05) is 24.3 Å². The van der Waals surface area contributed by atoms with E-state index in [9.17, 15) is 14.7 Å². The van der Waals surface area contributed by atoms with E-state index >= 15 is 0 Å². The predicted octanol–water partition coefficient (Wildman–Crippen LogP) is 1.54. The average Bonchev–Trinajstić information content (AvgIpc) is 2.91. The van der Waals surface area contributed by atoms with E-state index in [-0.39, 0.29) is 12.5 Å². The fourth-order valence-corrected chi connectivity index (χ4v) is 2.66. The molecule has 1 aliphatic rings. The lowest BCUT2D eigenvalue weighted by atomic mass is 9.89. The number of nitrogens with one attached hydrogen (secondary N) is 1. The van der Waals surface area contributed by atoms with E-state index in [2.05, 4.69) is 10.2 Å². The van der Waals surface area contributed by atoms with Gasteiger partial charge in [0.1, 0.15) is 5.69 Å². The SMILES string of the molecule is Cc1cc(C(=O)N2Cc3ccccc3C(C(=O)O)C2)n[nH]1. The molecule has 6 nitrogen and oxygen atoms in total. The fraction of sp³-hybridized carbons (Fsp3) is 0.267. The molecular formula is C15H15N3O3. The van der Waals surface area contributed by atoms with Gasteiger partial charge in [0.25, 0.3) is 5.91 Å². The standard InChI is InChI=1S/C15H15N3O3/c1-9-6-13(17-16-9)14(19)18-7-10-4-2-3-5-11(10)12(8-18)15(20)21/h2-6,12H,7-8H2,1H3,(H,16,17)(H,20,21). The molecular weight excluding hydrogens is 270 g/mol. The molecule has 2 aromatic rings. The summed E-state index contributed by atoms with van der Waals surface area (Å²) in [6.45, 7) is 2.39. The van der Waals surface area contributed by atoms with Crippen molar-refractivity contribution < 1.29 is 14.7 Å². The Morgan fingerprint density at radius 1 is 1.38 bits per heavy atom. The Labute approximate surface area is 121 Å². The second kappa shape index (κ2) is 5.05. The van der Waals surface area contributed by atoms with E-state index in [0.717, 1.165) is 16.8 Å². The van der Waals surface area contributed by atoms with Gasteiger partial charge in [-0.15, -0.1) is 0 Å². The number of aromatic amines is 1. The molecule has 6 heteroatoms. The number of aromatic nitrogens is 2. The van der Waals surface area contributed by atoms with Crippen molar-refractivity contribution in [3.8, 4) is 0 Å². The molecule has 0 fully saturated rings. The number of rotatable bonds is 2. The van der Waals surface area contributed by atoms with Crippen LogP contribution in [-0.4, -0.2) is 38.6 Å². The van der Waals surface area contributed by atoms with Gasteiger partial charge in [-0.05, 0) is 24.1 Å². The number of carboxylic acid groups (broad SMARTS) is 1. The van der Waals surface area contributed by atoms with Crippen LogP contribution in [0.25, 0.3) is 0 Å². The lowest BCUT2D eigenvalue weighted by molar-refractivity contribution is -0.139. The van der Waals surface area contributed by atoms with E-state index in [1.165, 1.54) is 4.90 Å². The zero-order chi connectivity index (χ0) is 15.0. The summed E-state index contributed by atoms with van der Waals surface area (Å²) < 4.78 is 0. The van der Waals surface area contributed by atoms with E-state index in [0.29, 0.717) is 12.2 Å². The van der Waals surface area contributed by atoms with Gasteiger partial charge in [0.2, 0.25) is 0 Å².